The Morgan fingerprint density at radius 1 is 1.32 bits per heavy atom. The van der Waals surface area contributed by atoms with Crippen LogP contribution in [0.15, 0.2) is 23.3 Å². The van der Waals surface area contributed by atoms with Gasteiger partial charge in [0.25, 0.3) is 5.91 Å². The number of nitrogens with zero attached hydrogens (tertiary/aromatic N) is 3. The molecule has 12 heteroatoms. The van der Waals surface area contributed by atoms with Gasteiger partial charge in [0, 0.05) is 18.8 Å². The van der Waals surface area contributed by atoms with Crippen LogP contribution in [0, 0.1) is 0 Å². The minimum absolute atomic E-state index is 0.0387. The van der Waals surface area contributed by atoms with Gasteiger partial charge < -0.3 is 20.2 Å². The van der Waals surface area contributed by atoms with E-state index in [-0.39, 0.29) is 12.0 Å². The molecule has 2 aliphatic rings. The number of sulfone groups is 1. The number of phenols is 2. The predicted octanol–water partition coefficient (Wildman–Crippen LogP) is -0.646. The predicted molar refractivity (Wildman–Crippen MR) is 94.4 cm³/mol. The lowest BCUT2D eigenvalue weighted by molar-refractivity contribution is -0.156. The molecule has 3 N–H and O–H groups in total. The number of fused-ring (bicyclic) bond motifs is 1. The van der Waals surface area contributed by atoms with E-state index in [9.17, 15) is 38.1 Å². The Balaban J connectivity index is 1.92. The Bertz CT molecular complexity index is 1020. The van der Waals surface area contributed by atoms with E-state index in [1.165, 1.54) is 13.1 Å². The number of benzene rings is 1. The van der Waals surface area contributed by atoms with E-state index in [0.29, 0.717) is 0 Å². The van der Waals surface area contributed by atoms with Crippen LogP contribution in [-0.2, 0) is 19.4 Å². The molecular weight excluding hydrogens is 394 g/mol. The van der Waals surface area contributed by atoms with E-state index in [0.717, 1.165) is 35.2 Å². The van der Waals surface area contributed by atoms with Gasteiger partial charge in [-0.15, -0.1) is 0 Å². The molecule has 28 heavy (non-hydrogen) atoms. The van der Waals surface area contributed by atoms with Gasteiger partial charge in [-0.05, 0) is 25.1 Å². The number of aromatic hydroxyl groups is 2. The third kappa shape index (κ3) is 2.59. The van der Waals surface area contributed by atoms with Crippen molar-refractivity contribution in [1.29, 1.82) is 0 Å². The molecule has 0 saturated carbocycles. The van der Waals surface area contributed by atoms with Crippen molar-refractivity contribution in [1.82, 2.24) is 9.91 Å². The standard InChI is InChI=1S/C16H17N3O8S/c1-16(13(15(24)25)19-11(22)6-12(19)28(16,26)27)7-17-18(2)14(23)8-3-4-9(20)10(21)5-8/h3-5,7,12-13,20-21H,6H2,1-2H3,(H,24,25)/b17-7+/t12-,13+,16+/m1/s1. The van der Waals surface area contributed by atoms with E-state index in [4.69, 9.17) is 0 Å². The molecule has 0 aromatic heterocycles. The zero-order valence-corrected chi connectivity index (χ0v) is 15.6. The summed E-state index contributed by atoms with van der Waals surface area (Å²) in [6, 6.07) is 1.67. The van der Waals surface area contributed by atoms with Crippen molar-refractivity contribution in [3.8, 4) is 11.5 Å². The number of β-lactam (4-membered cyclic amide) rings is 1. The molecule has 0 radical (unpaired) electrons. The summed E-state index contributed by atoms with van der Waals surface area (Å²) in [4.78, 5) is 36.6. The number of carbonyl (C=O) groups excluding carboxylic acids is 2. The minimum Gasteiger partial charge on any atom is -0.504 e. The maximum absolute atomic E-state index is 12.8. The summed E-state index contributed by atoms with van der Waals surface area (Å²) in [5, 5.41) is 31.6. The number of aliphatic carboxylic acids is 1. The molecule has 0 unspecified atom stereocenters. The molecule has 150 valence electrons. The van der Waals surface area contributed by atoms with Gasteiger partial charge in [0.05, 0.1) is 6.42 Å². The van der Waals surface area contributed by atoms with Crippen LogP contribution < -0.4 is 0 Å². The van der Waals surface area contributed by atoms with Crippen molar-refractivity contribution in [3.05, 3.63) is 23.8 Å². The summed E-state index contributed by atoms with van der Waals surface area (Å²) < 4.78 is 23.5. The Labute approximate surface area is 159 Å². The van der Waals surface area contributed by atoms with Crippen LogP contribution in [0.5, 0.6) is 11.5 Å². The zero-order valence-electron chi connectivity index (χ0n) is 14.8. The maximum Gasteiger partial charge on any atom is 0.328 e. The molecule has 1 aromatic carbocycles. The second-order valence-electron chi connectivity index (χ2n) is 6.71. The number of hydrogen-bond donors (Lipinski definition) is 3. The second kappa shape index (κ2) is 6.19. The first-order valence-electron chi connectivity index (χ1n) is 8.04. The summed E-state index contributed by atoms with van der Waals surface area (Å²) in [6.45, 7) is 1.14. The highest BCUT2D eigenvalue weighted by Gasteiger charge is 2.69. The van der Waals surface area contributed by atoms with Gasteiger partial charge in [0.2, 0.25) is 5.91 Å². The van der Waals surface area contributed by atoms with Crippen LogP contribution in [-0.4, -0.2) is 80.9 Å². The lowest BCUT2D eigenvalue weighted by Crippen LogP contribution is -2.57. The highest BCUT2D eigenvalue weighted by atomic mass is 32.2. The third-order valence-corrected chi connectivity index (χ3v) is 7.64. The van der Waals surface area contributed by atoms with Gasteiger partial charge in [-0.3, -0.25) is 9.59 Å². The Morgan fingerprint density at radius 3 is 2.50 bits per heavy atom. The Hall–Kier alpha value is -3.15. The molecule has 2 aliphatic heterocycles. The summed E-state index contributed by atoms with van der Waals surface area (Å²) in [5.41, 5.74) is -0.0387. The lowest BCUT2D eigenvalue weighted by Gasteiger charge is -2.35. The average Bonchev–Trinajstić information content (AvgIpc) is 2.76. The van der Waals surface area contributed by atoms with Gasteiger partial charge >= 0.3 is 5.97 Å². The van der Waals surface area contributed by atoms with Crippen LogP contribution in [0.1, 0.15) is 23.7 Å². The molecule has 0 spiro atoms. The first kappa shape index (κ1) is 19.6. The van der Waals surface area contributed by atoms with Crippen molar-refractivity contribution in [2.45, 2.75) is 29.5 Å². The van der Waals surface area contributed by atoms with Crippen molar-refractivity contribution >= 4 is 33.8 Å². The highest BCUT2D eigenvalue weighted by Crippen LogP contribution is 2.45. The van der Waals surface area contributed by atoms with Crippen molar-refractivity contribution in [2.75, 3.05) is 7.05 Å². The smallest absolute Gasteiger partial charge is 0.328 e. The Morgan fingerprint density at radius 2 is 1.96 bits per heavy atom. The van der Waals surface area contributed by atoms with Crippen LogP contribution in [0.4, 0.5) is 0 Å². The SMILES string of the molecule is CN(/N=C/[C@@]1(C)[C@H](C(=O)O)N2C(=O)C[C@H]2S1(=O)=O)C(=O)c1ccc(O)c(O)c1. The number of hydrogen-bond acceptors (Lipinski definition) is 8. The van der Waals surface area contributed by atoms with Crippen LogP contribution in [0.2, 0.25) is 0 Å². The van der Waals surface area contributed by atoms with E-state index in [2.05, 4.69) is 5.10 Å². The van der Waals surface area contributed by atoms with Gasteiger partial charge in [-0.2, -0.15) is 5.10 Å². The van der Waals surface area contributed by atoms with Crippen LogP contribution in [0.25, 0.3) is 0 Å². The number of carboxylic acids is 1. The average molecular weight is 411 g/mol. The van der Waals surface area contributed by atoms with E-state index in [1.807, 2.05) is 0 Å². The number of rotatable bonds is 4. The fourth-order valence-electron chi connectivity index (χ4n) is 3.30. The number of carbonyl (C=O) groups is 3. The molecule has 1 aromatic rings. The van der Waals surface area contributed by atoms with Crippen LogP contribution in [0.3, 0.4) is 0 Å². The van der Waals surface area contributed by atoms with Gasteiger partial charge in [-0.1, -0.05) is 0 Å². The molecule has 3 atom stereocenters. The fraction of sp³-hybridized carbons (Fsp3) is 0.375. The normalized spacial score (nSPS) is 28.1. The molecule has 0 aliphatic carbocycles. The van der Waals surface area contributed by atoms with Crippen LogP contribution >= 0.6 is 0 Å². The second-order valence-corrected chi connectivity index (χ2v) is 9.22. The number of amides is 2. The van der Waals surface area contributed by atoms with Crippen molar-refractivity contribution < 1.29 is 38.1 Å². The molecule has 11 nitrogen and oxygen atoms in total. The molecule has 2 amide bonds. The summed E-state index contributed by atoms with van der Waals surface area (Å²) >= 11 is 0. The van der Waals surface area contributed by atoms with E-state index < -0.39 is 55.3 Å². The molecule has 2 saturated heterocycles. The monoisotopic (exact) mass is 411 g/mol. The molecular formula is C16H17N3O8S. The molecule has 2 heterocycles. The Kier molecular flexibility index (Phi) is 4.34. The molecule has 0 bridgehead atoms. The van der Waals surface area contributed by atoms with E-state index in [1.54, 1.807) is 0 Å². The zero-order chi connectivity index (χ0) is 21.0. The first-order valence-corrected chi connectivity index (χ1v) is 9.59. The highest BCUT2D eigenvalue weighted by molar-refractivity contribution is 7.94. The maximum atomic E-state index is 12.8. The van der Waals surface area contributed by atoms with E-state index >= 15 is 0 Å². The number of phenolic OH excluding ortho intramolecular Hbond substituents is 2. The van der Waals surface area contributed by atoms with Crippen molar-refractivity contribution in [2.24, 2.45) is 5.10 Å². The first-order chi connectivity index (χ1) is 12.9. The quantitative estimate of drug-likeness (QED) is 0.255. The summed E-state index contributed by atoms with van der Waals surface area (Å²) in [5.74, 6) is -3.77. The molecule has 3 rings (SSSR count). The number of hydrazone groups is 1. The lowest BCUT2D eigenvalue weighted by atomic mass is 9.97. The minimum atomic E-state index is -4.09. The van der Waals surface area contributed by atoms with Gasteiger partial charge in [0.1, 0.15) is 10.1 Å². The largest absolute Gasteiger partial charge is 0.504 e. The fourth-order valence-corrected chi connectivity index (χ4v) is 5.51. The number of carboxylic acid groups (broad SMARTS) is 1. The van der Waals surface area contributed by atoms with Gasteiger partial charge in [0.15, 0.2) is 27.4 Å². The summed E-state index contributed by atoms with van der Waals surface area (Å²) in [7, 11) is -2.88. The van der Waals surface area contributed by atoms with Crippen molar-refractivity contribution in [3.63, 3.8) is 0 Å². The third-order valence-electron chi connectivity index (χ3n) is 4.98. The summed E-state index contributed by atoms with van der Waals surface area (Å²) in [6.07, 6.45) is 0.544. The van der Waals surface area contributed by atoms with Gasteiger partial charge in [-0.25, -0.2) is 18.2 Å². The topological polar surface area (TPSA) is 165 Å². The molecule has 2 fully saturated rings.